The molecule has 1 amide bonds. The van der Waals surface area contributed by atoms with E-state index >= 15 is 0 Å². The Morgan fingerprint density at radius 3 is 2.67 bits per heavy atom. The van der Waals surface area contributed by atoms with Crippen LogP contribution >= 0.6 is 0 Å². The van der Waals surface area contributed by atoms with E-state index in [0.29, 0.717) is 13.2 Å². The Balaban J connectivity index is 3.80. The van der Waals surface area contributed by atoms with E-state index < -0.39 is 11.9 Å². The summed E-state index contributed by atoms with van der Waals surface area (Å²) in [5, 5.41) is 2.92. The lowest BCUT2D eigenvalue weighted by Gasteiger charge is -2.14. The maximum Gasteiger partial charge on any atom is 0.238 e. The molecule has 1 unspecified atom stereocenters. The molecule has 0 aliphatic rings. The molecule has 0 aliphatic heterocycles. The summed E-state index contributed by atoms with van der Waals surface area (Å²) in [6.45, 7) is 6.56. The van der Waals surface area contributed by atoms with Crippen molar-refractivity contribution >= 4 is 5.91 Å². The zero-order chi connectivity index (χ0) is 9.56. The van der Waals surface area contributed by atoms with Gasteiger partial charge in [-0.15, -0.1) is 0 Å². The highest BCUT2D eigenvalue weighted by atomic mass is 16.5. The average Bonchev–Trinajstić information content (AvgIpc) is 1.96. The van der Waals surface area contributed by atoms with Crippen LogP contribution in [-0.2, 0) is 9.53 Å². The molecule has 12 heavy (non-hydrogen) atoms. The van der Waals surface area contributed by atoms with Gasteiger partial charge in [-0.05, 0) is 6.92 Å². The van der Waals surface area contributed by atoms with Crippen molar-refractivity contribution in [3.05, 3.63) is 12.2 Å². The van der Waals surface area contributed by atoms with Gasteiger partial charge < -0.3 is 15.8 Å². The normalized spacial score (nSPS) is 12.5. The van der Waals surface area contributed by atoms with E-state index in [1.165, 1.54) is 0 Å². The molecule has 0 saturated heterocycles. The van der Waals surface area contributed by atoms with Crippen molar-refractivity contribution < 1.29 is 9.53 Å². The minimum absolute atomic E-state index is 0.404. The highest BCUT2D eigenvalue weighted by molar-refractivity contribution is 5.82. The largest absolute Gasteiger partial charge is 0.383 e. The van der Waals surface area contributed by atoms with Gasteiger partial charge in [0.25, 0.3) is 0 Å². The van der Waals surface area contributed by atoms with Gasteiger partial charge in [-0.1, -0.05) is 12.2 Å². The van der Waals surface area contributed by atoms with Crippen LogP contribution in [0.5, 0.6) is 0 Å². The van der Waals surface area contributed by atoms with Gasteiger partial charge in [-0.2, -0.15) is 0 Å². The van der Waals surface area contributed by atoms with Gasteiger partial charge in [0.1, 0.15) is 6.04 Å². The number of amides is 1. The number of nitrogens with two attached hydrogens (primary N) is 1. The van der Waals surface area contributed by atoms with E-state index in [1.807, 2.05) is 0 Å². The van der Waals surface area contributed by atoms with Crippen LogP contribution in [-0.4, -0.2) is 32.2 Å². The number of hydrogen-bond acceptors (Lipinski definition) is 3. The third kappa shape index (κ3) is 4.10. The molecule has 0 radical (unpaired) electrons. The van der Waals surface area contributed by atoms with Crippen molar-refractivity contribution in [3.63, 3.8) is 0 Å². The minimum atomic E-state index is -0.444. The Kier molecular flexibility index (Phi) is 5.32. The Morgan fingerprint density at radius 1 is 1.75 bits per heavy atom. The Morgan fingerprint density at radius 2 is 2.33 bits per heavy atom. The molecule has 4 heteroatoms. The van der Waals surface area contributed by atoms with Crippen molar-refractivity contribution in [2.24, 2.45) is 5.73 Å². The average molecular weight is 172 g/mol. The summed E-state index contributed by atoms with van der Waals surface area (Å²) in [6.07, 6.45) is 0. The molecule has 0 bridgehead atoms. The predicted octanol–water partition coefficient (Wildman–Crippen LogP) is -0.348. The van der Waals surface area contributed by atoms with Gasteiger partial charge in [0.15, 0.2) is 0 Å². The third-order valence-electron chi connectivity index (χ3n) is 1.43. The molecule has 0 aromatic rings. The molecule has 0 aromatic carbocycles. The van der Waals surface area contributed by atoms with Crippen LogP contribution in [0.3, 0.4) is 0 Å². The molecule has 4 nitrogen and oxygen atoms in total. The first-order valence-corrected chi connectivity index (χ1v) is 3.76. The summed E-state index contributed by atoms with van der Waals surface area (Å²) in [6, 6.07) is -0.444. The lowest BCUT2D eigenvalue weighted by atomic mass is 10.1. The van der Waals surface area contributed by atoms with Crippen molar-refractivity contribution in [2.45, 2.75) is 13.0 Å². The monoisotopic (exact) mass is 172 g/mol. The standard InChI is InChI=1S/C8H16N2O2/c1-6(2)7(8(9)11)10-4-5-12-3/h7,10H,1,4-5H2,2-3H3,(H2,9,11). The second kappa shape index (κ2) is 5.74. The maximum atomic E-state index is 10.8. The van der Waals surface area contributed by atoms with E-state index in [1.54, 1.807) is 14.0 Å². The molecule has 0 aromatic heterocycles. The first kappa shape index (κ1) is 11.1. The molecular formula is C8H16N2O2. The van der Waals surface area contributed by atoms with Crippen LogP contribution in [0.15, 0.2) is 12.2 Å². The second-order valence-corrected chi connectivity index (χ2v) is 2.63. The number of ether oxygens (including phenoxy) is 1. The lowest BCUT2D eigenvalue weighted by molar-refractivity contribution is -0.119. The molecule has 0 aliphatic carbocycles. The zero-order valence-electron chi connectivity index (χ0n) is 7.59. The summed E-state index contributed by atoms with van der Waals surface area (Å²) in [5.41, 5.74) is 5.84. The van der Waals surface area contributed by atoms with Crippen molar-refractivity contribution in [2.75, 3.05) is 20.3 Å². The number of rotatable bonds is 6. The van der Waals surface area contributed by atoms with E-state index in [0.717, 1.165) is 5.57 Å². The van der Waals surface area contributed by atoms with E-state index in [9.17, 15) is 4.79 Å². The quantitative estimate of drug-likeness (QED) is 0.425. The number of carbonyl (C=O) groups is 1. The molecule has 0 spiro atoms. The van der Waals surface area contributed by atoms with E-state index in [4.69, 9.17) is 10.5 Å². The van der Waals surface area contributed by atoms with Crippen LogP contribution in [0.25, 0.3) is 0 Å². The third-order valence-corrected chi connectivity index (χ3v) is 1.43. The molecule has 0 rings (SSSR count). The molecule has 3 N–H and O–H groups in total. The summed E-state index contributed by atoms with van der Waals surface area (Å²) in [7, 11) is 1.60. The van der Waals surface area contributed by atoms with Crippen LogP contribution < -0.4 is 11.1 Å². The molecule has 70 valence electrons. The topological polar surface area (TPSA) is 64.3 Å². The van der Waals surface area contributed by atoms with Crippen molar-refractivity contribution in [3.8, 4) is 0 Å². The SMILES string of the molecule is C=C(C)C(NCCOC)C(N)=O. The van der Waals surface area contributed by atoms with Crippen LogP contribution in [0, 0.1) is 0 Å². The first-order valence-electron chi connectivity index (χ1n) is 3.76. The molecule has 0 heterocycles. The summed E-state index contributed by atoms with van der Waals surface area (Å²) in [4.78, 5) is 10.8. The zero-order valence-corrected chi connectivity index (χ0v) is 7.59. The number of methoxy groups -OCH3 is 1. The van der Waals surface area contributed by atoms with Crippen LogP contribution in [0.1, 0.15) is 6.92 Å². The van der Waals surface area contributed by atoms with Gasteiger partial charge in [-0.3, -0.25) is 4.79 Å². The summed E-state index contributed by atoms with van der Waals surface area (Å²) in [5.74, 6) is -0.404. The number of nitrogens with one attached hydrogen (secondary N) is 1. The molecule has 0 fully saturated rings. The summed E-state index contributed by atoms with van der Waals surface area (Å²) < 4.78 is 4.81. The van der Waals surface area contributed by atoms with Gasteiger partial charge in [-0.25, -0.2) is 0 Å². The summed E-state index contributed by atoms with van der Waals surface area (Å²) >= 11 is 0. The van der Waals surface area contributed by atoms with Crippen LogP contribution in [0.2, 0.25) is 0 Å². The number of hydrogen-bond donors (Lipinski definition) is 2. The van der Waals surface area contributed by atoms with Crippen LogP contribution in [0.4, 0.5) is 0 Å². The molecule has 1 atom stereocenters. The van der Waals surface area contributed by atoms with Gasteiger partial charge in [0.2, 0.25) is 5.91 Å². The predicted molar refractivity (Wildman–Crippen MR) is 47.7 cm³/mol. The fraction of sp³-hybridized carbons (Fsp3) is 0.625. The Hall–Kier alpha value is -0.870. The Labute approximate surface area is 72.8 Å². The fourth-order valence-corrected chi connectivity index (χ4v) is 0.823. The minimum Gasteiger partial charge on any atom is -0.383 e. The van der Waals surface area contributed by atoms with Gasteiger partial charge >= 0.3 is 0 Å². The van der Waals surface area contributed by atoms with Crippen molar-refractivity contribution in [1.82, 2.24) is 5.32 Å². The molecular weight excluding hydrogens is 156 g/mol. The molecule has 0 saturated carbocycles. The van der Waals surface area contributed by atoms with E-state index in [-0.39, 0.29) is 0 Å². The lowest BCUT2D eigenvalue weighted by Crippen LogP contribution is -2.43. The Bertz CT molecular complexity index is 154. The second-order valence-electron chi connectivity index (χ2n) is 2.63. The van der Waals surface area contributed by atoms with Gasteiger partial charge in [0.05, 0.1) is 6.61 Å². The van der Waals surface area contributed by atoms with Crippen molar-refractivity contribution in [1.29, 1.82) is 0 Å². The highest BCUT2D eigenvalue weighted by Gasteiger charge is 2.13. The van der Waals surface area contributed by atoms with Gasteiger partial charge in [0, 0.05) is 13.7 Å². The number of primary amides is 1. The fourth-order valence-electron chi connectivity index (χ4n) is 0.823. The first-order chi connectivity index (χ1) is 5.59. The maximum absolute atomic E-state index is 10.8. The van der Waals surface area contributed by atoms with E-state index in [2.05, 4.69) is 11.9 Å². The smallest absolute Gasteiger partial charge is 0.238 e. The highest BCUT2D eigenvalue weighted by Crippen LogP contribution is 1.95. The number of carbonyl (C=O) groups excluding carboxylic acids is 1.